The average molecular weight is 356 g/mol. The van der Waals surface area contributed by atoms with Gasteiger partial charge in [-0.25, -0.2) is 0 Å². The monoisotopic (exact) mass is 356 g/mol. The fourth-order valence-electron chi connectivity index (χ4n) is 3.54. The number of ether oxygens (including phenoxy) is 1. The second-order valence-electron chi connectivity index (χ2n) is 6.41. The van der Waals surface area contributed by atoms with E-state index >= 15 is 0 Å². The minimum absolute atomic E-state index is 0.641. The highest BCUT2D eigenvalue weighted by Gasteiger charge is 2.17. The van der Waals surface area contributed by atoms with Crippen molar-refractivity contribution in [3.63, 3.8) is 0 Å². The molecule has 0 aliphatic carbocycles. The van der Waals surface area contributed by atoms with E-state index < -0.39 is 0 Å². The number of methoxy groups -OCH3 is 1. The molecule has 5 nitrogen and oxygen atoms in total. The molecule has 2 aromatic heterocycles. The third kappa shape index (κ3) is 2.70. The lowest BCUT2D eigenvalue weighted by Crippen LogP contribution is -1.96. The van der Waals surface area contributed by atoms with Crippen molar-refractivity contribution in [1.82, 2.24) is 14.8 Å². The highest BCUT2D eigenvalue weighted by Crippen LogP contribution is 2.36. The minimum atomic E-state index is 0.641. The van der Waals surface area contributed by atoms with Crippen LogP contribution in [-0.2, 0) is 13.0 Å². The van der Waals surface area contributed by atoms with Crippen LogP contribution in [0.15, 0.2) is 42.6 Å². The quantitative estimate of drug-likeness (QED) is 0.531. The fraction of sp³-hybridized carbons (Fsp3) is 0.227. The van der Waals surface area contributed by atoms with E-state index in [0.29, 0.717) is 5.56 Å². The summed E-state index contributed by atoms with van der Waals surface area (Å²) in [6.07, 6.45) is 2.76. The van der Waals surface area contributed by atoms with Crippen LogP contribution in [0.4, 0.5) is 0 Å². The van der Waals surface area contributed by atoms with E-state index in [-0.39, 0.29) is 0 Å². The number of nitriles is 1. The van der Waals surface area contributed by atoms with E-state index in [1.54, 1.807) is 7.11 Å². The van der Waals surface area contributed by atoms with Crippen molar-refractivity contribution in [2.75, 3.05) is 7.11 Å². The summed E-state index contributed by atoms with van der Waals surface area (Å²) in [4.78, 5) is 4.65. The van der Waals surface area contributed by atoms with E-state index in [1.165, 1.54) is 0 Å². The molecule has 2 heterocycles. The Bertz CT molecular complexity index is 1180. The zero-order valence-electron chi connectivity index (χ0n) is 15.7. The van der Waals surface area contributed by atoms with E-state index in [1.807, 2.05) is 41.2 Å². The van der Waals surface area contributed by atoms with Gasteiger partial charge in [0.1, 0.15) is 11.4 Å². The average Bonchev–Trinajstić information content (AvgIpc) is 3.11. The highest BCUT2D eigenvalue weighted by atomic mass is 16.5. The van der Waals surface area contributed by atoms with E-state index in [0.717, 1.165) is 57.3 Å². The zero-order valence-corrected chi connectivity index (χ0v) is 15.7. The maximum Gasteiger partial charge on any atom is 0.124 e. The first kappa shape index (κ1) is 17.0. The molecule has 4 aromatic rings. The molecule has 5 heteroatoms. The Morgan fingerprint density at radius 3 is 2.56 bits per heavy atom. The Morgan fingerprint density at radius 2 is 1.93 bits per heavy atom. The lowest BCUT2D eigenvalue weighted by molar-refractivity contribution is 0.411. The van der Waals surface area contributed by atoms with Gasteiger partial charge in [-0.2, -0.15) is 10.4 Å². The van der Waals surface area contributed by atoms with Gasteiger partial charge < -0.3 is 4.74 Å². The minimum Gasteiger partial charge on any atom is -0.496 e. The number of aromatic nitrogens is 3. The first-order valence-electron chi connectivity index (χ1n) is 9.06. The summed E-state index contributed by atoms with van der Waals surface area (Å²) in [6.45, 7) is 4.95. The fourth-order valence-corrected chi connectivity index (χ4v) is 3.54. The van der Waals surface area contributed by atoms with Crippen molar-refractivity contribution in [2.24, 2.45) is 0 Å². The molecule has 0 bridgehead atoms. The number of rotatable bonds is 4. The zero-order chi connectivity index (χ0) is 19.0. The Balaban J connectivity index is 2.08. The molecule has 0 amide bonds. The molecule has 0 aliphatic rings. The number of aryl methyl sites for hydroxylation is 2. The number of pyridine rings is 1. The second kappa shape index (κ2) is 6.73. The molecule has 0 radical (unpaired) electrons. The number of nitrogens with zero attached hydrogens (tertiary/aromatic N) is 4. The standard InChI is InChI=1S/C22H20N4O/c1-4-15-10-17-18(11-20(15)27-3)24-13-19-21(17)22(25-26(19)5-2)16-8-6-14(12-23)7-9-16/h6-11,13H,4-5H2,1-3H3. The molecule has 0 saturated carbocycles. The molecular formula is C22H20N4O. The van der Waals surface area contributed by atoms with Crippen LogP contribution in [0.2, 0.25) is 0 Å². The van der Waals surface area contributed by atoms with Gasteiger partial charge in [0.25, 0.3) is 0 Å². The Labute approximate surface area is 157 Å². The van der Waals surface area contributed by atoms with Crippen molar-refractivity contribution < 1.29 is 4.74 Å². The topological polar surface area (TPSA) is 63.7 Å². The molecule has 0 fully saturated rings. The van der Waals surface area contributed by atoms with Gasteiger partial charge in [0.2, 0.25) is 0 Å². The maximum atomic E-state index is 9.07. The summed E-state index contributed by atoms with van der Waals surface area (Å²) in [5, 5.41) is 16.1. The van der Waals surface area contributed by atoms with Crippen LogP contribution < -0.4 is 4.74 Å². The first-order chi connectivity index (χ1) is 13.2. The van der Waals surface area contributed by atoms with Gasteiger partial charge >= 0.3 is 0 Å². The van der Waals surface area contributed by atoms with Crippen LogP contribution in [-0.4, -0.2) is 21.9 Å². The second-order valence-corrected chi connectivity index (χ2v) is 6.41. The summed E-state index contributed by atoms with van der Waals surface area (Å²) in [6, 6.07) is 13.9. The Morgan fingerprint density at radius 1 is 1.15 bits per heavy atom. The molecule has 0 unspecified atom stereocenters. The third-order valence-electron chi connectivity index (χ3n) is 4.95. The summed E-state index contributed by atoms with van der Waals surface area (Å²) in [7, 11) is 1.69. The molecular weight excluding hydrogens is 336 g/mol. The third-order valence-corrected chi connectivity index (χ3v) is 4.95. The first-order valence-corrected chi connectivity index (χ1v) is 9.06. The number of hydrogen-bond donors (Lipinski definition) is 0. The highest BCUT2D eigenvalue weighted by molar-refractivity contribution is 6.11. The predicted octanol–water partition coefficient (Wildman–Crippen LogP) is 4.71. The van der Waals surface area contributed by atoms with Gasteiger partial charge in [-0.05, 0) is 37.1 Å². The van der Waals surface area contributed by atoms with Crippen molar-refractivity contribution in [3.05, 3.63) is 53.7 Å². The van der Waals surface area contributed by atoms with Crippen LogP contribution in [0.3, 0.4) is 0 Å². The van der Waals surface area contributed by atoms with Gasteiger partial charge in [-0.1, -0.05) is 19.1 Å². The smallest absolute Gasteiger partial charge is 0.124 e. The molecule has 134 valence electrons. The van der Waals surface area contributed by atoms with E-state index in [2.05, 4.69) is 31.0 Å². The maximum absolute atomic E-state index is 9.07. The Hall–Kier alpha value is -3.39. The van der Waals surface area contributed by atoms with Gasteiger partial charge in [0.15, 0.2) is 0 Å². The molecule has 0 N–H and O–H groups in total. The van der Waals surface area contributed by atoms with E-state index in [4.69, 9.17) is 15.1 Å². The normalized spacial score (nSPS) is 11.0. The molecule has 0 saturated heterocycles. The number of hydrogen-bond acceptors (Lipinski definition) is 4. The summed E-state index contributed by atoms with van der Waals surface area (Å²) < 4.78 is 7.51. The van der Waals surface area contributed by atoms with Crippen LogP contribution in [0, 0.1) is 11.3 Å². The predicted molar refractivity (Wildman–Crippen MR) is 107 cm³/mol. The van der Waals surface area contributed by atoms with Crippen LogP contribution in [0.5, 0.6) is 5.75 Å². The van der Waals surface area contributed by atoms with Crippen LogP contribution >= 0.6 is 0 Å². The SMILES string of the molecule is CCc1cc2c(cc1OC)ncc1c2c(-c2ccc(C#N)cc2)nn1CC. The van der Waals surface area contributed by atoms with Crippen LogP contribution in [0.1, 0.15) is 25.0 Å². The van der Waals surface area contributed by atoms with Gasteiger partial charge in [-0.15, -0.1) is 0 Å². The van der Waals surface area contributed by atoms with Crippen molar-refractivity contribution in [1.29, 1.82) is 5.26 Å². The van der Waals surface area contributed by atoms with Crippen molar-refractivity contribution in [2.45, 2.75) is 26.8 Å². The molecule has 0 aliphatic heterocycles. The summed E-state index contributed by atoms with van der Waals surface area (Å²) in [5.74, 6) is 0.861. The van der Waals surface area contributed by atoms with Gasteiger partial charge in [0, 0.05) is 28.9 Å². The van der Waals surface area contributed by atoms with Gasteiger partial charge in [-0.3, -0.25) is 9.67 Å². The van der Waals surface area contributed by atoms with Gasteiger partial charge in [0.05, 0.1) is 36.0 Å². The largest absolute Gasteiger partial charge is 0.496 e. The number of benzene rings is 2. The molecule has 0 spiro atoms. The van der Waals surface area contributed by atoms with Crippen LogP contribution in [0.25, 0.3) is 33.1 Å². The molecule has 0 atom stereocenters. The summed E-state index contributed by atoms with van der Waals surface area (Å²) in [5.41, 5.74) is 5.60. The lowest BCUT2D eigenvalue weighted by Gasteiger charge is -2.10. The summed E-state index contributed by atoms with van der Waals surface area (Å²) >= 11 is 0. The Kier molecular flexibility index (Phi) is 4.25. The lowest BCUT2D eigenvalue weighted by atomic mass is 10.0. The van der Waals surface area contributed by atoms with Crippen molar-refractivity contribution in [3.8, 4) is 23.1 Å². The van der Waals surface area contributed by atoms with Crippen molar-refractivity contribution >= 4 is 21.8 Å². The number of fused-ring (bicyclic) bond motifs is 3. The van der Waals surface area contributed by atoms with E-state index in [9.17, 15) is 0 Å². The molecule has 27 heavy (non-hydrogen) atoms. The molecule has 2 aromatic carbocycles. The molecule has 4 rings (SSSR count).